The van der Waals surface area contributed by atoms with Gasteiger partial charge in [-0.1, -0.05) is 38.1 Å². The Morgan fingerprint density at radius 1 is 1.06 bits per heavy atom. The van der Waals surface area contributed by atoms with E-state index in [-0.39, 0.29) is 36.6 Å². The molecule has 170 valence electrons. The minimum absolute atomic E-state index is 0.107. The summed E-state index contributed by atoms with van der Waals surface area (Å²) in [6.45, 7) is 4.03. The first-order valence-corrected chi connectivity index (χ1v) is 10.6. The number of rotatable bonds is 9. The van der Waals surface area contributed by atoms with Crippen molar-refractivity contribution in [2.45, 2.75) is 38.8 Å². The Hall–Kier alpha value is -3.55. The van der Waals surface area contributed by atoms with E-state index in [0.717, 1.165) is 10.5 Å². The number of hydrogen-bond donors (Lipinski definition) is 2. The summed E-state index contributed by atoms with van der Waals surface area (Å²) in [6.07, 6.45) is 0.326. The van der Waals surface area contributed by atoms with Crippen molar-refractivity contribution in [2.75, 3.05) is 19.1 Å². The summed E-state index contributed by atoms with van der Waals surface area (Å²) in [5.74, 6) is 0.778. The Bertz CT molecular complexity index is 977. The molecule has 0 bridgehead atoms. The molecule has 4 amide bonds. The lowest BCUT2D eigenvalue weighted by molar-refractivity contribution is -0.122. The molecule has 8 heteroatoms. The van der Waals surface area contributed by atoms with Gasteiger partial charge in [0, 0.05) is 6.42 Å². The SMILES string of the molecule is COc1ccc([C@H](NC(=O)CC[C@@H]2NC(=O)N(c3ccccc3)C2=O)C(C)C)cc1OC. The zero-order valence-corrected chi connectivity index (χ0v) is 18.8. The van der Waals surface area contributed by atoms with E-state index in [2.05, 4.69) is 10.6 Å². The van der Waals surface area contributed by atoms with Crippen LogP contribution in [0.2, 0.25) is 0 Å². The van der Waals surface area contributed by atoms with Crippen LogP contribution in [-0.2, 0) is 9.59 Å². The number of ether oxygens (including phenoxy) is 2. The van der Waals surface area contributed by atoms with Gasteiger partial charge in [-0.3, -0.25) is 9.59 Å². The third-order valence-electron chi connectivity index (χ3n) is 5.44. The zero-order chi connectivity index (χ0) is 23.3. The van der Waals surface area contributed by atoms with Crippen molar-refractivity contribution in [2.24, 2.45) is 5.92 Å². The van der Waals surface area contributed by atoms with E-state index in [1.54, 1.807) is 44.6 Å². The highest BCUT2D eigenvalue weighted by atomic mass is 16.5. The molecule has 2 aromatic rings. The third kappa shape index (κ3) is 5.01. The quantitative estimate of drug-likeness (QED) is 0.584. The van der Waals surface area contributed by atoms with Crippen molar-refractivity contribution >= 4 is 23.5 Å². The number of hydrogen-bond acceptors (Lipinski definition) is 5. The first kappa shape index (κ1) is 23.1. The molecule has 1 fully saturated rings. The predicted octanol–water partition coefficient (Wildman–Crippen LogP) is 3.42. The van der Waals surface area contributed by atoms with Crippen molar-refractivity contribution in [3.8, 4) is 11.5 Å². The molecule has 1 saturated heterocycles. The van der Waals surface area contributed by atoms with Gasteiger partial charge in [0.25, 0.3) is 5.91 Å². The van der Waals surface area contributed by atoms with Crippen LogP contribution in [0, 0.1) is 5.92 Å². The molecule has 1 aliphatic heterocycles. The molecule has 0 unspecified atom stereocenters. The molecule has 2 aromatic carbocycles. The number of para-hydroxylation sites is 1. The van der Waals surface area contributed by atoms with E-state index in [9.17, 15) is 14.4 Å². The molecular weight excluding hydrogens is 410 g/mol. The first-order valence-electron chi connectivity index (χ1n) is 10.6. The normalized spacial score (nSPS) is 16.7. The van der Waals surface area contributed by atoms with Gasteiger partial charge < -0.3 is 20.1 Å². The summed E-state index contributed by atoms with van der Waals surface area (Å²) in [5, 5.41) is 5.71. The van der Waals surface area contributed by atoms with Crippen LogP contribution in [0.25, 0.3) is 0 Å². The van der Waals surface area contributed by atoms with Gasteiger partial charge in [-0.25, -0.2) is 9.69 Å². The number of methoxy groups -OCH3 is 2. The Kier molecular flexibility index (Phi) is 7.35. The highest BCUT2D eigenvalue weighted by Crippen LogP contribution is 2.32. The molecule has 8 nitrogen and oxygen atoms in total. The minimum atomic E-state index is -0.730. The second-order valence-corrected chi connectivity index (χ2v) is 7.95. The molecular formula is C24H29N3O5. The molecule has 1 heterocycles. The highest BCUT2D eigenvalue weighted by molar-refractivity contribution is 6.21. The van der Waals surface area contributed by atoms with E-state index in [1.807, 2.05) is 32.0 Å². The summed E-state index contributed by atoms with van der Waals surface area (Å²) in [4.78, 5) is 38.8. The number of carbonyl (C=O) groups excluding carboxylic acids is 3. The molecule has 0 saturated carbocycles. The number of nitrogens with zero attached hydrogens (tertiary/aromatic N) is 1. The molecule has 32 heavy (non-hydrogen) atoms. The van der Waals surface area contributed by atoms with Crippen molar-refractivity contribution < 1.29 is 23.9 Å². The fourth-order valence-electron chi connectivity index (χ4n) is 3.75. The van der Waals surface area contributed by atoms with Gasteiger partial charge in [0.05, 0.1) is 25.9 Å². The summed E-state index contributed by atoms with van der Waals surface area (Å²) in [7, 11) is 3.14. The lowest BCUT2D eigenvalue weighted by Gasteiger charge is -2.24. The largest absolute Gasteiger partial charge is 0.493 e. The smallest absolute Gasteiger partial charge is 0.329 e. The second kappa shape index (κ2) is 10.2. The number of amides is 4. The maximum atomic E-state index is 12.7. The maximum absolute atomic E-state index is 12.7. The van der Waals surface area contributed by atoms with E-state index in [0.29, 0.717) is 17.2 Å². The molecule has 2 N–H and O–H groups in total. The summed E-state index contributed by atoms with van der Waals surface area (Å²) in [6, 6.07) is 12.8. The maximum Gasteiger partial charge on any atom is 0.329 e. The van der Waals surface area contributed by atoms with Gasteiger partial charge in [0.2, 0.25) is 5.91 Å². The molecule has 0 spiro atoms. The van der Waals surface area contributed by atoms with Gasteiger partial charge in [-0.2, -0.15) is 0 Å². The number of anilines is 1. The van der Waals surface area contributed by atoms with E-state index in [1.165, 1.54) is 0 Å². The van der Waals surface area contributed by atoms with Crippen molar-refractivity contribution in [1.29, 1.82) is 0 Å². The predicted molar refractivity (Wildman–Crippen MR) is 121 cm³/mol. The standard InChI is InChI=1S/C24H29N3O5/c1-15(2)22(16-10-12-19(31-3)20(14-16)32-4)26-21(28)13-11-18-23(29)27(24(30)25-18)17-8-6-5-7-9-17/h5-10,12,14-15,18,22H,11,13H2,1-4H3,(H,25,30)(H,26,28)/t18-,22+/m0/s1. The zero-order valence-electron chi connectivity index (χ0n) is 18.8. The van der Waals surface area contributed by atoms with Crippen molar-refractivity contribution in [3.05, 3.63) is 54.1 Å². The number of carbonyl (C=O) groups is 3. The molecule has 2 atom stereocenters. The Morgan fingerprint density at radius 2 is 1.75 bits per heavy atom. The lowest BCUT2D eigenvalue weighted by Crippen LogP contribution is -2.35. The first-order chi connectivity index (χ1) is 15.3. The topological polar surface area (TPSA) is 97.0 Å². The Balaban J connectivity index is 1.63. The van der Waals surface area contributed by atoms with Crippen LogP contribution < -0.4 is 25.0 Å². The van der Waals surface area contributed by atoms with Gasteiger partial charge in [-0.15, -0.1) is 0 Å². The van der Waals surface area contributed by atoms with Gasteiger partial charge >= 0.3 is 6.03 Å². The highest BCUT2D eigenvalue weighted by Gasteiger charge is 2.39. The van der Waals surface area contributed by atoms with Gasteiger partial charge in [-0.05, 0) is 42.2 Å². The lowest BCUT2D eigenvalue weighted by atomic mass is 9.95. The summed E-state index contributed by atoms with van der Waals surface area (Å²) < 4.78 is 10.7. The number of nitrogens with one attached hydrogen (secondary N) is 2. The van der Waals surface area contributed by atoms with Crippen molar-refractivity contribution in [1.82, 2.24) is 10.6 Å². The number of urea groups is 1. The van der Waals surface area contributed by atoms with Crippen LogP contribution in [0.15, 0.2) is 48.5 Å². The fourth-order valence-corrected chi connectivity index (χ4v) is 3.75. The summed E-state index contributed by atoms with van der Waals surface area (Å²) in [5.41, 5.74) is 1.40. The molecule has 0 aliphatic carbocycles. The van der Waals surface area contributed by atoms with E-state index in [4.69, 9.17) is 9.47 Å². The number of benzene rings is 2. The van der Waals surface area contributed by atoms with E-state index >= 15 is 0 Å². The van der Waals surface area contributed by atoms with Crippen LogP contribution >= 0.6 is 0 Å². The van der Waals surface area contributed by atoms with E-state index < -0.39 is 12.1 Å². The van der Waals surface area contributed by atoms with Crippen LogP contribution in [0.4, 0.5) is 10.5 Å². The summed E-state index contributed by atoms with van der Waals surface area (Å²) >= 11 is 0. The third-order valence-corrected chi connectivity index (χ3v) is 5.44. The monoisotopic (exact) mass is 439 g/mol. The van der Waals surface area contributed by atoms with Crippen molar-refractivity contribution in [3.63, 3.8) is 0 Å². The molecule has 0 aromatic heterocycles. The minimum Gasteiger partial charge on any atom is -0.493 e. The molecule has 1 aliphatic rings. The Morgan fingerprint density at radius 3 is 2.38 bits per heavy atom. The van der Waals surface area contributed by atoms with Crippen LogP contribution in [0.5, 0.6) is 11.5 Å². The van der Waals surface area contributed by atoms with Gasteiger partial charge in [0.15, 0.2) is 11.5 Å². The Labute approximate surface area is 187 Å². The molecule has 3 rings (SSSR count). The number of imide groups is 1. The van der Waals surface area contributed by atoms with Gasteiger partial charge in [0.1, 0.15) is 6.04 Å². The average molecular weight is 440 g/mol. The average Bonchev–Trinajstić information content (AvgIpc) is 3.08. The second-order valence-electron chi connectivity index (χ2n) is 7.95. The molecule has 0 radical (unpaired) electrons. The fraction of sp³-hybridized carbons (Fsp3) is 0.375. The van der Waals surface area contributed by atoms with Crippen LogP contribution in [0.3, 0.4) is 0 Å². The van der Waals surface area contributed by atoms with Crippen LogP contribution in [0.1, 0.15) is 38.3 Å². The van der Waals surface area contributed by atoms with Crippen LogP contribution in [-0.4, -0.2) is 38.1 Å².